The molecule has 2 heteroatoms. The van der Waals surface area contributed by atoms with Gasteiger partial charge in [0.05, 0.1) is 0 Å². The van der Waals surface area contributed by atoms with Gasteiger partial charge in [-0.3, -0.25) is 0 Å². The zero-order chi connectivity index (χ0) is 10.4. The van der Waals surface area contributed by atoms with E-state index in [4.69, 9.17) is 0 Å². The van der Waals surface area contributed by atoms with Crippen LogP contribution in [-0.4, -0.2) is 12.6 Å². The summed E-state index contributed by atoms with van der Waals surface area (Å²) in [6, 6.07) is 9.04. The van der Waals surface area contributed by atoms with E-state index in [9.17, 15) is 0 Å². The summed E-state index contributed by atoms with van der Waals surface area (Å²) in [5, 5.41) is 6.71. The normalized spacial score (nSPS) is 10.6. The molecule has 0 saturated heterocycles. The number of benzene rings is 1. The van der Waals surface area contributed by atoms with Crippen molar-refractivity contribution in [1.29, 1.82) is 0 Å². The van der Waals surface area contributed by atoms with E-state index in [1.165, 1.54) is 11.3 Å². The molecule has 78 valence electrons. The Labute approximate surface area is 86.7 Å². The first-order valence-electron chi connectivity index (χ1n) is 5.28. The number of nitrogens with one attached hydrogen (secondary N) is 2. The standard InChI is InChI=1S/C12H20N2/c1-4-13-9-11-6-5-7-12(8-11)14-10(2)3/h5-8,10,13-14H,4,9H2,1-3H3. The summed E-state index contributed by atoms with van der Waals surface area (Å²) in [5.74, 6) is 0. The first kappa shape index (κ1) is 11.1. The van der Waals surface area contributed by atoms with Crippen LogP contribution in [0.25, 0.3) is 0 Å². The molecule has 2 nitrogen and oxygen atoms in total. The lowest BCUT2D eigenvalue weighted by atomic mass is 10.2. The SMILES string of the molecule is CCNCc1cccc(NC(C)C)c1. The molecular formula is C12H20N2. The van der Waals surface area contributed by atoms with Crippen molar-refractivity contribution in [2.45, 2.75) is 33.4 Å². The topological polar surface area (TPSA) is 24.1 Å². The molecule has 0 aliphatic rings. The Bertz CT molecular complexity index is 269. The van der Waals surface area contributed by atoms with Gasteiger partial charge in [-0.05, 0) is 38.1 Å². The van der Waals surface area contributed by atoms with E-state index in [0.717, 1.165) is 13.1 Å². The Morgan fingerprint density at radius 2 is 2.07 bits per heavy atom. The van der Waals surface area contributed by atoms with Gasteiger partial charge in [-0.25, -0.2) is 0 Å². The van der Waals surface area contributed by atoms with Crippen LogP contribution >= 0.6 is 0 Å². The second-order valence-electron chi connectivity index (χ2n) is 3.78. The lowest BCUT2D eigenvalue weighted by Gasteiger charge is -2.11. The first-order chi connectivity index (χ1) is 6.72. The Morgan fingerprint density at radius 1 is 1.29 bits per heavy atom. The third kappa shape index (κ3) is 3.79. The number of hydrogen-bond donors (Lipinski definition) is 2. The van der Waals surface area contributed by atoms with Crippen molar-refractivity contribution in [2.24, 2.45) is 0 Å². The number of hydrogen-bond acceptors (Lipinski definition) is 2. The Morgan fingerprint density at radius 3 is 2.71 bits per heavy atom. The number of anilines is 1. The monoisotopic (exact) mass is 192 g/mol. The maximum atomic E-state index is 3.39. The van der Waals surface area contributed by atoms with Crippen molar-refractivity contribution >= 4 is 5.69 Å². The van der Waals surface area contributed by atoms with Gasteiger partial charge in [-0.2, -0.15) is 0 Å². The summed E-state index contributed by atoms with van der Waals surface area (Å²) in [5.41, 5.74) is 2.54. The smallest absolute Gasteiger partial charge is 0.0345 e. The Hall–Kier alpha value is -1.02. The summed E-state index contributed by atoms with van der Waals surface area (Å²) < 4.78 is 0. The minimum atomic E-state index is 0.490. The molecule has 0 fully saturated rings. The largest absolute Gasteiger partial charge is 0.383 e. The van der Waals surface area contributed by atoms with E-state index in [-0.39, 0.29) is 0 Å². The summed E-state index contributed by atoms with van der Waals surface area (Å²) in [7, 11) is 0. The van der Waals surface area contributed by atoms with Crippen LogP contribution < -0.4 is 10.6 Å². The van der Waals surface area contributed by atoms with E-state index in [1.54, 1.807) is 0 Å². The molecule has 0 spiro atoms. The van der Waals surface area contributed by atoms with Crippen molar-refractivity contribution in [2.75, 3.05) is 11.9 Å². The summed E-state index contributed by atoms with van der Waals surface area (Å²) in [6.07, 6.45) is 0. The van der Waals surface area contributed by atoms with E-state index in [1.807, 2.05) is 0 Å². The maximum absolute atomic E-state index is 3.39. The molecule has 1 rings (SSSR count). The van der Waals surface area contributed by atoms with Crippen molar-refractivity contribution in [1.82, 2.24) is 5.32 Å². The third-order valence-corrected chi connectivity index (χ3v) is 1.96. The van der Waals surface area contributed by atoms with Crippen LogP contribution in [-0.2, 0) is 6.54 Å². The van der Waals surface area contributed by atoms with Gasteiger partial charge >= 0.3 is 0 Å². The molecule has 0 aliphatic carbocycles. The molecule has 1 aromatic rings. The minimum Gasteiger partial charge on any atom is -0.383 e. The predicted octanol–water partition coefficient (Wildman–Crippen LogP) is 2.62. The quantitative estimate of drug-likeness (QED) is 0.749. The van der Waals surface area contributed by atoms with Gasteiger partial charge in [-0.15, -0.1) is 0 Å². The van der Waals surface area contributed by atoms with Crippen LogP contribution in [0.5, 0.6) is 0 Å². The van der Waals surface area contributed by atoms with Gasteiger partial charge in [-0.1, -0.05) is 19.1 Å². The summed E-state index contributed by atoms with van der Waals surface area (Å²) in [4.78, 5) is 0. The van der Waals surface area contributed by atoms with Crippen LogP contribution in [0.1, 0.15) is 26.3 Å². The molecule has 0 unspecified atom stereocenters. The highest BCUT2D eigenvalue weighted by atomic mass is 14.9. The van der Waals surface area contributed by atoms with Crippen molar-refractivity contribution in [3.8, 4) is 0 Å². The fourth-order valence-electron chi connectivity index (χ4n) is 1.37. The van der Waals surface area contributed by atoms with Crippen LogP contribution in [0.15, 0.2) is 24.3 Å². The lowest BCUT2D eigenvalue weighted by Crippen LogP contribution is -2.13. The molecule has 0 bridgehead atoms. The van der Waals surface area contributed by atoms with Gasteiger partial charge in [0, 0.05) is 18.3 Å². The maximum Gasteiger partial charge on any atom is 0.0345 e. The van der Waals surface area contributed by atoms with Gasteiger partial charge in [0.25, 0.3) is 0 Å². The van der Waals surface area contributed by atoms with E-state index in [0.29, 0.717) is 6.04 Å². The third-order valence-electron chi connectivity index (χ3n) is 1.96. The lowest BCUT2D eigenvalue weighted by molar-refractivity contribution is 0.727. The molecule has 0 aliphatic heterocycles. The predicted molar refractivity (Wildman–Crippen MR) is 62.6 cm³/mol. The fourth-order valence-corrected chi connectivity index (χ4v) is 1.37. The zero-order valence-corrected chi connectivity index (χ0v) is 9.30. The highest BCUT2D eigenvalue weighted by Gasteiger charge is 1.96. The van der Waals surface area contributed by atoms with E-state index in [2.05, 4.69) is 55.7 Å². The van der Waals surface area contributed by atoms with Crippen LogP contribution in [0.3, 0.4) is 0 Å². The zero-order valence-electron chi connectivity index (χ0n) is 9.30. The average Bonchev–Trinajstić information content (AvgIpc) is 2.14. The second kappa shape index (κ2) is 5.66. The average molecular weight is 192 g/mol. The van der Waals surface area contributed by atoms with Crippen molar-refractivity contribution in [3.63, 3.8) is 0 Å². The summed E-state index contributed by atoms with van der Waals surface area (Å²) >= 11 is 0. The van der Waals surface area contributed by atoms with E-state index >= 15 is 0 Å². The Kier molecular flexibility index (Phi) is 4.47. The molecule has 2 N–H and O–H groups in total. The molecule has 14 heavy (non-hydrogen) atoms. The molecule has 0 atom stereocenters. The number of rotatable bonds is 5. The highest BCUT2D eigenvalue weighted by Crippen LogP contribution is 2.11. The molecule has 0 heterocycles. The highest BCUT2D eigenvalue weighted by molar-refractivity contribution is 5.46. The van der Waals surface area contributed by atoms with Crippen LogP contribution in [0.4, 0.5) is 5.69 Å². The molecule has 0 saturated carbocycles. The van der Waals surface area contributed by atoms with Crippen molar-refractivity contribution in [3.05, 3.63) is 29.8 Å². The molecule has 0 aromatic heterocycles. The van der Waals surface area contributed by atoms with Gasteiger partial charge in [0.15, 0.2) is 0 Å². The van der Waals surface area contributed by atoms with Gasteiger partial charge in [0.1, 0.15) is 0 Å². The minimum absolute atomic E-state index is 0.490. The molecule has 0 radical (unpaired) electrons. The van der Waals surface area contributed by atoms with E-state index < -0.39 is 0 Å². The summed E-state index contributed by atoms with van der Waals surface area (Å²) in [6.45, 7) is 8.39. The molecule has 0 amide bonds. The Balaban J connectivity index is 2.59. The van der Waals surface area contributed by atoms with Gasteiger partial charge in [0.2, 0.25) is 0 Å². The fraction of sp³-hybridized carbons (Fsp3) is 0.500. The van der Waals surface area contributed by atoms with Crippen LogP contribution in [0.2, 0.25) is 0 Å². The second-order valence-corrected chi connectivity index (χ2v) is 3.78. The molecule has 1 aromatic carbocycles. The first-order valence-corrected chi connectivity index (χ1v) is 5.28. The van der Waals surface area contributed by atoms with Gasteiger partial charge < -0.3 is 10.6 Å². The van der Waals surface area contributed by atoms with Crippen LogP contribution in [0, 0.1) is 0 Å². The van der Waals surface area contributed by atoms with Crippen molar-refractivity contribution < 1.29 is 0 Å². The molecular weight excluding hydrogens is 172 g/mol.